The lowest BCUT2D eigenvalue weighted by Gasteiger charge is -2.22. The molecule has 16 heavy (non-hydrogen) atoms. The van der Waals surface area contributed by atoms with Crippen LogP contribution in [-0.2, 0) is 18.9 Å². The molecule has 0 bridgehead atoms. The summed E-state index contributed by atoms with van der Waals surface area (Å²) in [5, 5.41) is 18.9. The summed E-state index contributed by atoms with van der Waals surface area (Å²) >= 11 is 9.36. The third kappa shape index (κ3) is 2.19. The third-order valence-electron chi connectivity index (χ3n) is 2.36. The van der Waals surface area contributed by atoms with Crippen molar-refractivity contribution in [3.8, 4) is 0 Å². The van der Waals surface area contributed by atoms with Crippen LogP contribution < -0.4 is 0 Å². The lowest BCUT2D eigenvalue weighted by Crippen LogP contribution is -2.45. The lowest BCUT2D eigenvalue weighted by molar-refractivity contribution is -0.0525. The predicted molar refractivity (Wildman–Crippen MR) is 58.9 cm³/mol. The SMILES string of the molecule is OC[C@H]1OC(=S)O[C@@H]1[C@H](O)[C@@H]1COC(=S)O1. The van der Waals surface area contributed by atoms with Crippen LogP contribution in [0.1, 0.15) is 0 Å². The van der Waals surface area contributed by atoms with Gasteiger partial charge in [-0.25, -0.2) is 0 Å². The van der Waals surface area contributed by atoms with Gasteiger partial charge in [-0.1, -0.05) is 0 Å². The molecule has 90 valence electrons. The summed E-state index contributed by atoms with van der Waals surface area (Å²) in [6, 6.07) is 0. The van der Waals surface area contributed by atoms with Gasteiger partial charge in [0.25, 0.3) is 0 Å². The normalized spacial score (nSPS) is 35.0. The van der Waals surface area contributed by atoms with E-state index in [1.807, 2.05) is 0 Å². The Morgan fingerprint density at radius 2 is 2.00 bits per heavy atom. The standard InChI is InChI=1S/C8H10O6S2/c9-1-3-6(14-8(16)12-3)5(10)4-2-11-7(15)13-4/h3-6,9-10H,1-2H2/t3-,4+,5-,6+/m1/s1. The van der Waals surface area contributed by atoms with Crippen LogP contribution in [0.15, 0.2) is 0 Å². The van der Waals surface area contributed by atoms with Gasteiger partial charge in [-0.05, 0) is 0 Å². The van der Waals surface area contributed by atoms with E-state index in [4.69, 9.17) is 36.3 Å². The van der Waals surface area contributed by atoms with Crippen LogP contribution in [0.2, 0.25) is 0 Å². The summed E-state index contributed by atoms with van der Waals surface area (Å²) < 4.78 is 20.1. The van der Waals surface area contributed by atoms with Gasteiger partial charge >= 0.3 is 10.5 Å². The summed E-state index contributed by atoms with van der Waals surface area (Å²) in [5.41, 5.74) is 0. The van der Waals surface area contributed by atoms with Crippen LogP contribution in [-0.4, -0.2) is 58.3 Å². The first-order valence-electron chi connectivity index (χ1n) is 4.61. The highest BCUT2D eigenvalue weighted by Gasteiger charge is 2.45. The van der Waals surface area contributed by atoms with E-state index < -0.39 is 24.4 Å². The Labute approximate surface area is 102 Å². The van der Waals surface area contributed by atoms with Crippen molar-refractivity contribution in [2.45, 2.75) is 24.4 Å². The van der Waals surface area contributed by atoms with Gasteiger partial charge in [0.1, 0.15) is 12.7 Å². The van der Waals surface area contributed by atoms with Crippen molar-refractivity contribution in [2.24, 2.45) is 0 Å². The Morgan fingerprint density at radius 1 is 1.25 bits per heavy atom. The monoisotopic (exact) mass is 266 g/mol. The Balaban J connectivity index is 2.00. The van der Waals surface area contributed by atoms with Gasteiger partial charge in [0.05, 0.1) is 6.61 Å². The number of hydrogen-bond acceptors (Lipinski definition) is 8. The second kappa shape index (κ2) is 4.66. The van der Waals surface area contributed by atoms with Crippen LogP contribution >= 0.6 is 24.4 Å². The smallest absolute Gasteiger partial charge is 0.353 e. The minimum atomic E-state index is -1.03. The Kier molecular flexibility index (Phi) is 3.43. The molecule has 2 heterocycles. The molecule has 2 rings (SSSR count). The van der Waals surface area contributed by atoms with Crippen molar-refractivity contribution in [3.05, 3.63) is 0 Å². The summed E-state index contributed by atoms with van der Waals surface area (Å²) in [6.07, 6.45) is -3.12. The number of rotatable bonds is 3. The molecular weight excluding hydrogens is 256 g/mol. The number of ether oxygens (including phenoxy) is 4. The first-order chi connectivity index (χ1) is 7.61. The maximum absolute atomic E-state index is 9.95. The summed E-state index contributed by atoms with van der Waals surface area (Å²) in [6.45, 7) is -0.162. The highest BCUT2D eigenvalue weighted by Crippen LogP contribution is 2.23. The van der Waals surface area contributed by atoms with Crippen LogP contribution in [0.4, 0.5) is 0 Å². The van der Waals surface area contributed by atoms with E-state index in [-0.39, 0.29) is 23.7 Å². The van der Waals surface area contributed by atoms with E-state index in [0.717, 1.165) is 0 Å². The molecule has 4 atom stereocenters. The first-order valence-corrected chi connectivity index (χ1v) is 5.43. The maximum Gasteiger partial charge on any atom is 0.353 e. The van der Waals surface area contributed by atoms with Gasteiger partial charge in [0, 0.05) is 24.4 Å². The zero-order valence-electron chi connectivity index (χ0n) is 8.07. The molecule has 0 aromatic heterocycles. The van der Waals surface area contributed by atoms with Crippen LogP contribution in [0.25, 0.3) is 0 Å². The Bertz CT molecular complexity index is 309. The molecule has 2 aliphatic rings. The van der Waals surface area contributed by atoms with Crippen molar-refractivity contribution in [2.75, 3.05) is 13.2 Å². The molecule has 0 saturated carbocycles. The molecule has 0 aromatic carbocycles. The topological polar surface area (TPSA) is 77.4 Å². The fourth-order valence-electron chi connectivity index (χ4n) is 1.56. The van der Waals surface area contributed by atoms with Crippen molar-refractivity contribution in [1.82, 2.24) is 0 Å². The van der Waals surface area contributed by atoms with Gasteiger partial charge < -0.3 is 29.2 Å². The Hall–Kier alpha value is -0.700. The van der Waals surface area contributed by atoms with Gasteiger partial charge in [-0.3, -0.25) is 0 Å². The second-order valence-corrected chi connectivity index (χ2v) is 4.05. The predicted octanol–water partition coefficient (Wildman–Crippen LogP) is -0.891. The van der Waals surface area contributed by atoms with Crippen LogP contribution in [0.5, 0.6) is 0 Å². The molecule has 2 N–H and O–H groups in total. The molecule has 0 aromatic rings. The van der Waals surface area contributed by atoms with Gasteiger partial charge in [0.15, 0.2) is 18.3 Å². The van der Waals surface area contributed by atoms with Crippen molar-refractivity contribution < 1.29 is 29.2 Å². The first kappa shape index (κ1) is 11.8. The number of hydrogen-bond donors (Lipinski definition) is 2. The fourth-order valence-corrected chi connectivity index (χ4v) is 1.98. The molecular formula is C8H10O6S2. The molecule has 0 unspecified atom stereocenters. The maximum atomic E-state index is 9.95. The van der Waals surface area contributed by atoms with E-state index in [0.29, 0.717) is 0 Å². The van der Waals surface area contributed by atoms with E-state index in [1.54, 1.807) is 0 Å². The van der Waals surface area contributed by atoms with Crippen molar-refractivity contribution in [1.29, 1.82) is 0 Å². The minimum Gasteiger partial charge on any atom is -0.453 e. The molecule has 8 heteroatoms. The lowest BCUT2D eigenvalue weighted by atomic mass is 10.0. The summed E-state index contributed by atoms with van der Waals surface area (Å²) in [7, 11) is 0. The summed E-state index contributed by atoms with van der Waals surface area (Å²) in [4.78, 5) is 0. The molecule has 0 aliphatic carbocycles. The molecule has 0 spiro atoms. The largest absolute Gasteiger partial charge is 0.453 e. The quantitative estimate of drug-likeness (QED) is 0.637. The van der Waals surface area contributed by atoms with Crippen LogP contribution in [0, 0.1) is 0 Å². The zero-order valence-corrected chi connectivity index (χ0v) is 9.70. The molecule has 2 aliphatic heterocycles. The van der Waals surface area contributed by atoms with Crippen LogP contribution in [0.3, 0.4) is 0 Å². The average Bonchev–Trinajstić information content (AvgIpc) is 2.83. The van der Waals surface area contributed by atoms with E-state index in [9.17, 15) is 5.11 Å². The average molecular weight is 266 g/mol. The van der Waals surface area contributed by atoms with Gasteiger partial charge in [-0.15, -0.1) is 0 Å². The second-order valence-electron chi connectivity index (χ2n) is 3.38. The van der Waals surface area contributed by atoms with Gasteiger partial charge in [-0.2, -0.15) is 0 Å². The number of aliphatic hydroxyl groups excluding tert-OH is 2. The molecule has 0 radical (unpaired) electrons. The van der Waals surface area contributed by atoms with Gasteiger partial charge in [0.2, 0.25) is 0 Å². The van der Waals surface area contributed by atoms with E-state index in [1.165, 1.54) is 0 Å². The highest BCUT2D eigenvalue weighted by atomic mass is 32.1. The zero-order chi connectivity index (χ0) is 11.7. The fraction of sp³-hybridized carbons (Fsp3) is 0.750. The number of aliphatic hydroxyl groups is 2. The molecule has 6 nitrogen and oxygen atoms in total. The van der Waals surface area contributed by atoms with E-state index >= 15 is 0 Å². The molecule has 2 fully saturated rings. The van der Waals surface area contributed by atoms with Crippen molar-refractivity contribution in [3.63, 3.8) is 0 Å². The highest BCUT2D eigenvalue weighted by molar-refractivity contribution is 7.80. The number of thiocarbonyl (C=S) groups is 2. The Morgan fingerprint density at radius 3 is 2.56 bits per heavy atom. The summed E-state index contributed by atoms with van der Waals surface area (Å²) in [5.74, 6) is 0. The van der Waals surface area contributed by atoms with Crippen molar-refractivity contribution >= 4 is 34.9 Å². The molecule has 0 amide bonds. The van der Waals surface area contributed by atoms with E-state index in [2.05, 4.69) is 12.2 Å². The molecule has 2 saturated heterocycles. The third-order valence-corrected chi connectivity index (χ3v) is 2.76. The minimum absolute atomic E-state index is 0.00825.